The summed E-state index contributed by atoms with van der Waals surface area (Å²) in [5.41, 5.74) is 5.34. The Bertz CT molecular complexity index is 829. The number of para-hydroxylation sites is 1. The van der Waals surface area contributed by atoms with E-state index < -0.39 is 0 Å². The minimum atomic E-state index is -0.0179. The van der Waals surface area contributed by atoms with Crippen LogP contribution < -0.4 is 0 Å². The van der Waals surface area contributed by atoms with Crippen LogP contribution >= 0.6 is 0 Å². The summed E-state index contributed by atoms with van der Waals surface area (Å²) in [4.78, 5) is 17.2. The predicted octanol–water partition coefficient (Wildman–Crippen LogP) is 4.39. The molecule has 2 nitrogen and oxygen atoms in total. The van der Waals surface area contributed by atoms with Crippen molar-refractivity contribution in [1.29, 1.82) is 0 Å². The van der Waals surface area contributed by atoms with Gasteiger partial charge in [-0.25, -0.2) is 4.98 Å². The molecule has 0 amide bonds. The van der Waals surface area contributed by atoms with Crippen LogP contribution in [0.1, 0.15) is 32.7 Å². The second kappa shape index (κ2) is 5.13. The molecule has 1 aromatic heterocycles. The summed E-state index contributed by atoms with van der Waals surface area (Å²) in [6.45, 7) is 6.02. The van der Waals surface area contributed by atoms with Gasteiger partial charge >= 0.3 is 0 Å². The highest BCUT2D eigenvalue weighted by Gasteiger charge is 2.13. The van der Waals surface area contributed by atoms with Gasteiger partial charge < -0.3 is 0 Å². The molecule has 0 saturated carbocycles. The van der Waals surface area contributed by atoms with Gasteiger partial charge in [-0.15, -0.1) is 0 Å². The highest BCUT2D eigenvalue weighted by Crippen LogP contribution is 2.20. The first-order chi connectivity index (χ1) is 10.0. The van der Waals surface area contributed by atoms with Crippen molar-refractivity contribution < 1.29 is 4.79 Å². The van der Waals surface area contributed by atoms with Crippen molar-refractivity contribution >= 4 is 16.7 Å². The summed E-state index contributed by atoms with van der Waals surface area (Å²) in [6.07, 6.45) is 0. The molecule has 0 saturated heterocycles. The maximum Gasteiger partial charge on any atom is 0.211 e. The Morgan fingerprint density at radius 2 is 1.57 bits per heavy atom. The number of aromatic nitrogens is 1. The molecule has 2 heteroatoms. The van der Waals surface area contributed by atoms with Crippen LogP contribution in [-0.2, 0) is 0 Å². The van der Waals surface area contributed by atoms with E-state index in [2.05, 4.69) is 11.1 Å². The van der Waals surface area contributed by atoms with Gasteiger partial charge in [0, 0.05) is 10.9 Å². The smallest absolute Gasteiger partial charge is 0.211 e. The van der Waals surface area contributed by atoms with Crippen molar-refractivity contribution in [3.8, 4) is 0 Å². The lowest BCUT2D eigenvalue weighted by Gasteiger charge is -2.07. The number of rotatable bonds is 2. The lowest BCUT2D eigenvalue weighted by atomic mass is 10.0. The normalized spacial score (nSPS) is 10.8. The third kappa shape index (κ3) is 2.57. The average molecular weight is 275 g/mol. The molecule has 0 aliphatic heterocycles. The maximum atomic E-state index is 12.7. The molecular formula is C19H17NO. The average Bonchev–Trinajstić information content (AvgIpc) is 2.45. The van der Waals surface area contributed by atoms with Gasteiger partial charge in [-0.3, -0.25) is 4.79 Å². The molecule has 3 rings (SSSR count). The van der Waals surface area contributed by atoms with E-state index >= 15 is 0 Å². The highest BCUT2D eigenvalue weighted by molar-refractivity contribution is 6.09. The van der Waals surface area contributed by atoms with Crippen LogP contribution in [0.15, 0.2) is 48.5 Å². The number of carbonyl (C=O) groups is 1. The van der Waals surface area contributed by atoms with Gasteiger partial charge in [0.1, 0.15) is 5.69 Å². The van der Waals surface area contributed by atoms with Gasteiger partial charge in [-0.05, 0) is 50.6 Å². The second-order valence-electron chi connectivity index (χ2n) is 5.55. The van der Waals surface area contributed by atoms with Crippen LogP contribution in [0, 0.1) is 20.8 Å². The van der Waals surface area contributed by atoms with Gasteiger partial charge in [0.25, 0.3) is 0 Å². The van der Waals surface area contributed by atoms with Gasteiger partial charge in [-0.2, -0.15) is 0 Å². The number of fused-ring (bicyclic) bond motifs is 1. The lowest BCUT2D eigenvalue weighted by molar-refractivity contribution is 0.103. The molecule has 3 aromatic rings. The Kier molecular flexibility index (Phi) is 3.30. The predicted molar refractivity (Wildman–Crippen MR) is 85.8 cm³/mol. The van der Waals surface area contributed by atoms with Gasteiger partial charge in [0.15, 0.2) is 0 Å². The number of carbonyl (C=O) groups excluding carboxylic acids is 1. The van der Waals surface area contributed by atoms with Crippen LogP contribution in [0.25, 0.3) is 10.9 Å². The number of ketones is 1. The van der Waals surface area contributed by atoms with Gasteiger partial charge in [0.05, 0.1) is 5.52 Å². The number of pyridine rings is 1. The molecule has 0 atom stereocenters. The SMILES string of the molecule is Cc1cc(C)cc(C(=O)c2cc(C)c3ccccc3n2)c1. The van der Waals surface area contributed by atoms with E-state index in [-0.39, 0.29) is 5.78 Å². The topological polar surface area (TPSA) is 30.0 Å². The highest BCUT2D eigenvalue weighted by atomic mass is 16.1. The van der Waals surface area contributed by atoms with Crippen LogP contribution in [0.3, 0.4) is 0 Å². The molecule has 0 bridgehead atoms. The summed E-state index contributed by atoms with van der Waals surface area (Å²) < 4.78 is 0. The summed E-state index contributed by atoms with van der Waals surface area (Å²) >= 11 is 0. The van der Waals surface area contributed by atoms with E-state index in [0.29, 0.717) is 11.3 Å². The first-order valence-corrected chi connectivity index (χ1v) is 7.04. The van der Waals surface area contributed by atoms with Crippen molar-refractivity contribution in [2.75, 3.05) is 0 Å². The largest absolute Gasteiger partial charge is 0.287 e. The van der Waals surface area contributed by atoms with Crippen molar-refractivity contribution in [2.24, 2.45) is 0 Å². The summed E-state index contributed by atoms with van der Waals surface area (Å²) in [6, 6.07) is 15.7. The molecule has 21 heavy (non-hydrogen) atoms. The zero-order valence-corrected chi connectivity index (χ0v) is 12.5. The molecular weight excluding hydrogens is 258 g/mol. The molecule has 0 fully saturated rings. The number of benzene rings is 2. The van der Waals surface area contributed by atoms with E-state index in [9.17, 15) is 4.79 Å². The summed E-state index contributed by atoms with van der Waals surface area (Å²) in [5.74, 6) is -0.0179. The minimum absolute atomic E-state index is 0.0179. The molecule has 1 heterocycles. The van der Waals surface area contributed by atoms with E-state index in [0.717, 1.165) is 27.6 Å². The van der Waals surface area contributed by atoms with Crippen LogP contribution in [0.4, 0.5) is 0 Å². The Labute approximate surface area is 124 Å². The minimum Gasteiger partial charge on any atom is -0.287 e. The Hall–Kier alpha value is -2.48. The molecule has 0 aliphatic carbocycles. The zero-order valence-electron chi connectivity index (χ0n) is 12.5. The van der Waals surface area contributed by atoms with Gasteiger partial charge in [-0.1, -0.05) is 35.4 Å². The first kappa shape index (κ1) is 13.5. The summed E-state index contributed by atoms with van der Waals surface area (Å²) in [5, 5.41) is 1.09. The molecule has 0 unspecified atom stereocenters. The second-order valence-corrected chi connectivity index (χ2v) is 5.55. The molecule has 0 radical (unpaired) electrons. The van der Waals surface area contributed by atoms with Crippen molar-refractivity contribution in [1.82, 2.24) is 4.98 Å². The fourth-order valence-electron chi connectivity index (χ4n) is 2.72. The molecule has 0 spiro atoms. The third-order valence-electron chi connectivity index (χ3n) is 3.64. The van der Waals surface area contributed by atoms with Crippen LogP contribution in [-0.4, -0.2) is 10.8 Å². The van der Waals surface area contributed by atoms with Crippen LogP contribution in [0.2, 0.25) is 0 Å². The lowest BCUT2D eigenvalue weighted by Crippen LogP contribution is -2.06. The van der Waals surface area contributed by atoms with Crippen molar-refractivity contribution in [2.45, 2.75) is 20.8 Å². The van der Waals surface area contributed by atoms with Crippen molar-refractivity contribution in [3.05, 3.63) is 76.5 Å². The standard InChI is InChI=1S/C19H17NO/c1-12-8-13(2)10-15(9-12)19(21)18-11-14(3)16-6-4-5-7-17(16)20-18/h4-11H,1-3H3. The molecule has 0 N–H and O–H groups in total. The molecule has 0 aliphatic rings. The fourth-order valence-corrected chi connectivity index (χ4v) is 2.72. The number of nitrogens with zero attached hydrogens (tertiary/aromatic N) is 1. The number of hydrogen-bond donors (Lipinski definition) is 0. The Morgan fingerprint density at radius 3 is 2.29 bits per heavy atom. The first-order valence-electron chi connectivity index (χ1n) is 7.04. The fraction of sp³-hybridized carbons (Fsp3) is 0.158. The Balaban J connectivity index is 2.13. The summed E-state index contributed by atoms with van der Waals surface area (Å²) in [7, 11) is 0. The van der Waals surface area contributed by atoms with E-state index in [1.165, 1.54) is 0 Å². The van der Waals surface area contributed by atoms with E-state index in [1.807, 2.05) is 63.2 Å². The van der Waals surface area contributed by atoms with Gasteiger partial charge in [0.2, 0.25) is 5.78 Å². The van der Waals surface area contributed by atoms with Crippen LogP contribution in [0.5, 0.6) is 0 Å². The maximum absolute atomic E-state index is 12.7. The quantitative estimate of drug-likeness (QED) is 0.649. The molecule has 104 valence electrons. The van der Waals surface area contributed by atoms with E-state index in [1.54, 1.807) is 0 Å². The number of aryl methyl sites for hydroxylation is 3. The van der Waals surface area contributed by atoms with E-state index in [4.69, 9.17) is 0 Å². The third-order valence-corrected chi connectivity index (χ3v) is 3.64. The molecule has 2 aromatic carbocycles. The van der Waals surface area contributed by atoms with Crippen molar-refractivity contribution in [3.63, 3.8) is 0 Å². The number of hydrogen-bond acceptors (Lipinski definition) is 2. The zero-order chi connectivity index (χ0) is 15.0. The monoisotopic (exact) mass is 275 g/mol. The Morgan fingerprint density at radius 1 is 0.905 bits per heavy atom.